The predicted octanol–water partition coefficient (Wildman–Crippen LogP) is -0.414. The van der Waals surface area contributed by atoms with Crippen molar-refractivity contribution in [1.29, 1.82) is 5.26 Å². The van der Waals surface area contributed by atoms with Crippen molar-refractivity contribution in [2.75, 3.05) is 0 Å². The van der Waals surface area contributed by atoms with E-state index in [4.69, 9.17) is 5.26 Å². The molecule has 5 heteroatoms. The first-order chi connectivity index (χ1) is 5.74. The molecule has 0 spiro atoms. The van der Waals surface area contributed by atoms with Crippen molar-refractivity contribution in [3.8, 4) is 6.19 Å². The van der Waals surface area contributed by atoms with Crippen molar-refractivity contribution < 1.29 is 4.79 Å². The van der Waals surface area contributed by atoms with E-state index in [-0.39, 0.29) is 11.1 Å². The number of aromatic amines is 1. The summed E-state index contributed by atoms with van der Waals surface area (Å²) in [7, 11) is 0. The Balaban J connectivity index is 2.98. The van der Waals surface area contributed by atoms with Crippen LogP contribution in [-0.4, -0.2) is 10.9 Å². The molecule has 12 heavy (non-hydrogen) atoms. The first kappa shape index (κ1) is 8.01. The van der Waals surface area contributed by atoms with Gasteiger partial charge in [0.1, 0.15) is 0 Å². The van der Waals surface area contributed by atoms with Gasteiger partial charge in [-0.3, -0.25) is 14.9 Å². The van der Waals surface area contributed by atoms with Gasteiger partial charge in [-0.25, -0.2) is 0 Å². The molecule has 0 radical (unpaired) electrons. The van der Waals surface area contributed by atoms with Gasteiger partial charge in [0.05, 0.1) is 0 Å². The van der Waals surface area contributed by atoms with Crippen molar-refractivity contribution in [1.82, 2.24) is 10.3 Å². The average Bonchev–Trinajstić information content (AvgIpc) is 2.05. The van der Waals surface area contributed by atoms with Crippen molar-refractivity contribution >= 4 is 5.91 Å². The third kappa shape index (κ3) is 1.70. The first-order valence-corrected chi connectivity index (χ1v) is 3.12. The summed E-state index contributed by atoms with van der Waals surface area (Å²) in [5.41, 5.74) is -0.208. The van der Waals surface area contributed by atoms with Crippen molar-refractivity contribution in [3.63, 3.8) is 0 Å². The van der Waals surface area contributed by atoms with Crippen molar-refractivity contribution in [2.24, 2.45) is 0 Å². The molecule has 60 valence electrons. The number of carbonyl (C=O) groups excluding carboxylic acids is 1. The van der Waals surface area contributed by atoms with Gasteiger partial charge in [-0.15, -0.1) is 0 Å². The molecule has 1 aromatic rings. The Morgan fingerprint density at radius 3 is 3.00 bits per heavy atom. The molecular formula is C7H5N3O2. The second-order valence-corrected chi connectivity index (χ2v) is 2.01. The molecule has 1 heterocycles. The lowest BCUT2D eigenvalue weighted by Gasteiger charge is -1.93. The zero-order chi connectivity index (χ0) is 8.97. The van der Waals surface area contributed by atoms with Crippen LogP contribution in [0.5, 0.6) is 0 Å². The molecule has 0 saturated heterocycles. The van der Waals surface area contributed by atoms with Crippen molar-refractivity contribution in [2.45, 2.75) is 0 Å². The van der Waals surface area contributed by atoms with Crippen LogP contribution in [0, 0.1) is 11.5 Å². The summed E-state index contributed by atoms with van der Waals surface area (Å²) >= 11 is 0. The molecule has 0 aromatic carbocycles. The molecule has 2 N–H and O–H groups in total. The summed E-state index contributed by atoms with van der Waals surface area (Å²) < 4.78 is 0. The fourth-order valence-corrected chi connectivity index (χ4v) is 0.709. The fourth-order valence-electron chi connectivity index (χ4n) is 0.709. The molecule has 0 unspecified atom stereocenters. The van der Waals surface area contributed by atoms with Gasteiger partial charge >= 0.3 is 0 Å². The van der Waals surface area contributed by atoms with Crippen LogP contribution < -0.4 is 10.9 Å². The van der Waals surface area contributed by atoms with Gasteiger partial charge in [0, 0.05) is 17.8 Å². The number of aromatic nitrogens is 1. The maximum atomic E-state index is 10.9. The SMILES string of the molecule is N#CNC(=O)c1cc[nH]c(=O)c1. The molecular weight excluding hydrogens is 158 g/mol. The van der Waals surface area contributed by atoms with E-state index in [0.717, 1.165) is 6.07 Å². The molecule has 1 amide bonds. The topological polar surface area (TPSA) is 85.8 Å². The summed E-state index contributed by atoms with van der Waals surface area (Å²) in [4.78, 5) is 23.9. The Kier molecular flexibility index (Phi) is 2.23. The van der Waals surface area contributed by atoms with Gasteiger partial charge in [-0.05, 0) is 6.07 Å². The molecule has 0 aliphatic rings. The number of nitrogens with zero attached hydrogens (tertiary/aromatic N) is 1. The highest BCUT2D eigenvalue weighted by Gasteiger charge is 2.03. The lowest BCUT2D eigenvalue weighted by atomic mass is 10.2. The van der Waals surface area contributed by atoms with E-state index in [1.54, 1.807) is 0 Å². The third-order valence-corrected chi connectivity index (χ3v) is 1.21. The smallest absolute Gasteiger partial charge is 0.264 e. The minimum Gasteiger partial charge on any atom is -0.329 e. The van der Waals surface area contributed by atoms with Gasteiger partial charge in [-0.2, -0.15) is 5.26 Å². The molecule has 0 aliphatic carbocycles. The predicted molar refractivity (Wildman–Crippen MR) is 40.1 cm³/mol. The number of nitrogens with one attached hydrogen (secondary N) is 2. The van der Waals surface area contributed by atoms with Gasteiger partial charge in [0.2, 0.25) is 5.56 Å². The number of hydrogen-bond acceptors (Lipinski definition) is 3. The number of carbonyl (C=O) groups is 1. The van der Waals surface area contributed by atoms with E-state index in [1.165, 1.54) is 18.5 Å². The lowest BCUT2D eigenvalue weighted by Crippen LogP contribution is -2.19. The monoisotopic (exact) mass is 163 g/mol. The van der Waals surface area contributed by atoms with Crippen LogP contribution in [0.3, 0.4) is 0 Å². The Hall–Kier alpha value is -2.09. The zero-order valence-corrected chi connectivity index (χ0v) is 6.00. The van der Waals surface area contributed by atoms with Gasteiger partial charge in [0.15, 0.2) is 6.19 Å². The van der Waals surface area contributed by atoms with E-state index < -0.39 is 5.91 Å². The van der Waals surface area contributed by atoms with E-state index in [0.29, 0.717) is 0 Å². The third-order valence-electron chi connectivity index (χ3n) is 1.21. The van der Waals surface area contributed by atoms with E-state index in [2.05, 4.69) is 4.98 Å². The molecule has 0 bridgehead atoms. The number of hydrogen-bond donors (Lipinski definition) is 2. The number of nitriles is 1. The Morgan fingerprint density at radius 2 is 2.42 bits per heavy atom. The van der Waals surface area contributed by atoms with Gasteiger partial charge in [0.25, 0.3) is 5.91 Å². The highest BCUT2D eigenvalue weighted by Crippen LogP contribution is 1.90. The molecule has 1 aromatic heterocycles. The number of rotatable bonds is 1. The van der Waals surface area contributed by atoms with Gasteiger partial charge in [-0.1, -0.05) is 0 Å². The summed E-state index contributed by atoms with van der Waals surface area (Å²) in [5, 5.41) is 10.0. The molecule has 0 saturated carbocycles. The quantitative estimate of drug-likeness (QED) is 0.435. The highest BCUT2D eigenvalue weighted by atomic mass is 16.2. The summed E-state index contributed by atoms with van der Waals surface area (Å²) in [6, 6.07) is 2.53. The minimum absolute atomic E-state index is 0.167. The molecule has 1 rings (SSSR count). The summed E-state index contributed by atoms with van der Waals surface area (Å²) in [6.07, 6.45) is 2.82. The molecule has 0 atom stereocenters. The number of amides is 1. The highest BCUT2D eigenvalue weighted by molar-refractivity contribution is 5.94. The minimum atomic E-state index is -0.580. The van der Waals surface area contributed by atoms with Crippen LogP contribution in [0.2, 0.25) is 0 Å². The summed E-state index contributed by atoms with van der Waals surface area (Å²) in [6.45, 7) is 0. The fraction of sp³-hybridized carbons (Fsp3) is 0. The van der Waals surface area contributed by atoms with Crippen LogP contribution in [0.4, 0.5) is 0 Å². The maximum Gasteiger partial charge on any atom is 0.264 e. The van der Waals surface area contributed by atoms with Crippen molar-refractivity contribution in [3.05, 3.63) is 34.2 Å². The zero-order valence-electron chi connectivity index (χ0n) is 6.00. The van der Waals surface area contributed by atoms with Crippen LogP contribution in [0.25, 0.3) is 0 Å². The van der Waals surface area contributed by atoms with Crippen LogP contribution in [-0.2, 0) is 0 Å². The molecule has 0 fully saturated rings. The normalized spacial score (nSPS) is 8.58. The summed E-state index contributed by atoms with van der Waals surface area (Å²) in [5.74, 6) is -0.580. The first-order valence-electron chi connectivity index (χ1n) is 3.12. The lowest BCUT2D eigenvalue weighted by molar-refractivity contribution is 0.0972. The number of H-pyrrole nitrogens is 1. The molecule has 0 aliphatic heterocycles. The Morgan fingerprint density at radius 1 is 1.67 bits per heavy atom. The molecule has 5 nitrogen and oxygen atoms in total. The maximum absolute atomic E-state index is 10.9. The van der Waals surface area contributed by atoms with E-state index in [1.807, 2.05) is 5.32 Å². The number of pyridine rings is 1. The Labute approximate surface area is 67.6 Å². The van der Waals surface area contributed by atoms with Crippen LogP contribution in [0.1, 0.15) is 10.4 Å². The van der Waals surface area contributed by atoms with E-state index >= 15 is 0 Å². The largest absolute Gasteiger partial charge is 0.329 e. The van der Waals surface area contributed by atoms with Crippen LogP contribution in [0.15, 0.2) is 23.1 Å². The Bertz CT molecular complexity index is 388. The second kappa shape index (κ2) is 3.34. The second-order valence-electron chi connectivity index (χ2n) is 2.01. The standard InChI is InChI=1S/C7H5N3O2/c8-4-10-7(12)5-1-2-9-6(11)3-5/h1-3H,(H,9,11)(H,10,12). The van der Waals surface area contributed by atoms with E-state index in [9.17, 15) is 9.59 Å². The average molecular weight is 163 g/mol. The van der Waals surface area contributed by atoms with Crippen LogP contribution >= 0.6 is 0 Å². The van der Waals surface area contributed by atoms with Gasteiger partial charge < -0.3 is 4.98 Å².